The molecule has 0 unspecified atom stereocenters. The molecule has 1 amide bonds. The second-order valence-corrected chi connectivity index (χ2v) is 8.35. The summed E-state index contributed by atoms with van der Waals surface area (Å²) in [5.41, 5.74) is 0.783. The molecule has 0 spiro atoms. The predicted molar refractivity (Wildman–Crippen MR) is 93.8 cm³/mol. The van der Waals surface area contributed by atoms with Crippen LogP contribution in [-0.4, -0.2) is 32.3 Å². The predicted octanol–water partition coefficient (Wildman–Crippen LogP) is 3.68. The number of anilines is 1. The summed E-state index contributed by atoms with van der Waals surface area (Å²) in [6, 6.07) is 9.43. The smallest absolute Gasteiger partial charge is 0.271 e. The van der Waals surface area contributed by atoms with Gasteiger partial charge in [0, 0.05) is 24.3 Å². The number of hydrogen-bond donors (Lipinski definition) is 1. The molecule has 0 aliphatic heterocycles. The highest BCUT2D eigenvalue weighted by Gasteiger charge is 2.18. The topological polar surface area (TPSA) is 66.5 Å². The SMILES string of the molecule is CCN(CC)C(=O)c1cccc(NS(=O)(=O)c2ccc(Cl)s2)c1. The first-order chi connectivity index (χ1) is 10.9. The van der Waals surface area contributed by atoms with Crippen molar-refractivity contribution in [1.82, 2.24) is 4.90 Å². The van der Waals surface area contributed by atoms with Crippen LogP contribution in [-0.2, 0) is 10.0 Å². The minimum atomic E-state index is -3.71. The fourth-order valence-electron chi connectivity index (χ4n) is 2.06. The zero-order chi connectivity index (χ0) is 17.0. The molecule has 0 saturated heterocycles. The van der Waals surface area contributed by atoms with Crippen LogP contribution < -0.4 is 4.72 Å². The molecule has 1 aromatic carbocycles. The third kappa shape index (κ3) is 4.25. The van der Waals surface area contributed by atoms with Crippen molar-refractivity contribution < 1.29 is 13.2 Å². The molecule has 23 heavy (non-hydrogen) atoms. The van der Waals surface area contributed by atoms with E-state index in [1.165, 1.54) is 18.2 Å². The van der Waals surface area contributed by atoms with E-state index in [0.717, 1.165) is 11.3 Å². The Balaban J connectivity index is 2.25. The van der Waals surface area contributed by atoms with E-state index in [1.807, 2.05) is 13.8 Å². The van der Waals surface area contributed by atoms with Gasteiger partial charge in [0.05, 0.1) is 4.34 Å². The first-order valence-electron chi connectivity index (χ1n) is 7.05. The van der Waals surface area contributed by atoms with Gasteiger partial charge in [-0.05, 0) is 44.2 Å². The van der Waals surface area contributed by atoms with Crippen LogP contribution in [0.2, 0.25) is 4.34 Å². The monoisotopic (exact) mass is 372 g/mol. The molecule has 0 aliphatic carbocycles. The van der Waals surface area contributed by atoms with Crippen molar-refractivity contribution in [3.05, 3.63) is 46.3 Å². The molecule has 0 bridgehead atoms. The zero-order valence-electron chi connectivity index (χ0n) is 12.7. The summed E-state index contributed by atoms with van der Waals surface area (Å²) >= 11 is 6.76. The van der Waals surface area contributed by atoms with E-state index in [-0.39, 0.29) is 10.1 Å². The number of nitrogens with one attached hydrogen (secondary N) is 1. The molecule has 0 atom stereocenters. The number of carbonyl (C=O) groups excluding carboxylic acids is 1. The van der Waals surface area contributed by atoms with Gasteiger partial charge >= 0.3 is 0 Å². The summed E-state index contributed by atoms with van der Waals surface area (Å²) in [5, 5.41) is 0. The number of nitrogens with zero attached hydrogens (tertiary/aromatic N) is 1. The fraction of sp³-hybridized carbons (Fsp3) is 0.267. The maximum Gasteiger partial charge on any atom is 0.271 e. The molecule has 1 N–H and O–H groups in total. The lowest BCUT2D eigenvalue weighted by atomic mass is 10.2. The minimum Gasteiger partial charge on any atom is -0.339 e. The molecular formula is C15H17ClN2O3S2. The van der Waals surface area contributed by atoms with Gasteiger partial charge in [-0.25, -0.2) is 8.42 Å². The Kier molecular flexibility index (Phi) is 5.67. The minimum absolute atomic E-state index is 0.128. The number of sulfonamides is 1. The number of halogens is 1. The second-order valence-electron chi connectivity index (χ2n) is 4.72. The van der Waals surface area contributed by atoms with Crippen molar-refractivity contribution in [1.29, 1.82) is 0 Å². The maximum absolute atomic E-state index is 12.3. The third-order valence-electron chi connectivity index (χ3n) is 3.23. The molecule has 2 aromatic rings. The van der Waals surface area contributed by atoms with Gasteiger partial charge in [0.25, 0.3) is 15.9 Å². The van der Waals surface area contributed by atoms with Gasteiger partial charge in [0.1, 0.15) is 4.21 Å². The molecule has 8 heteroatoms. The Morgan fingerprint density at radius 3 is 2.48 bits per heavy atom. The average Bonchev–Trinajstić information content (AvgIpc) is 2.96. The fourth-order valence-corrected chi connectivity index (χ4v) is 4.59. The van der Waals surface area contributed by atoms with E-state index < -0.39 is 10.0 Å². The third-order valence-corrected chi connectivity index (χ3v) is 6.33. The lowest BCUT2D eigenvalue weighted by Gasteiger charge is -2.19. The standard InChI is InChI=1S/C15H17ClN2O3S2/c1-3-18(4-2)15(19)11-6-5-7-12(10-11)17-23(20,21)14-9-8-13(16)22-14/h5-10,17H,3-4H2,1-2H3. The molecule has 0 radical (unpaired) electrons. The summed E-state index contributed by atoms with van der Waals surface area (Å²) in [7, 11) is -3.71. The van der Waals surface area contributed by atoms with E-state index in [9.17, 15) is 13.2 Å². The summed E-state index contributed by atoms with van der Waals surface area (Å²) in [6.45, 7) is 4.99. The van der Waals surface area contributed by atoms with Crippen LogP contribution in [0.1, 0.15) is 24.2 Å². The largest absolute Gasteiger partial charge is 0.339 e. The van der Waals surface area contributed by atoms with Crippen molar-refractivity contribution in [2.45, 2.75) is 18.1 Å². The van der Waals surface area contributed by atoms with Gasteiger partial charge in [0.2, 0.25) is 0 Å². The van der Waals surface area contributed by atoms with Gasteiger partial charge < -0.3 is 4.90 Å². The van der Waals surface area contributed by atoms with Crippen molar-refractivity contribution in [3.8, 4) is 0 Å². The van der Waals surface area contributed by atoms with E-state index in [2.05, 4.69) is 4.72 Å². The maximum atomic E-state index is 12.3. The normalized spacial score (nSPS) is 11.3. The molecule has 0 saturated carbocycles. The molecule has 0 aliphatic rings. The summed E-state index contributed by atoms with van der Waals surface area (Å²) in [6.07, 6.45) is 0. The van der Waals surface area contributed by atoms with E-state index in [4.69, 9.17) is 11.6 Å². The Bertz CT molecular complexity index is 799. The van der Waals surface area contributed by atoms with Crippen LogP contribution in [0.3, 0.4) is 0 Å². The highest BCUT2D eigenvalue weighted by molar-refractivity contribution is 7.94. The number of thiophene rings is 1. The average molecular weight is 373 g/mol. The Labute approximate surface area is 144 Å². The quantitative estimate of drug-likeness (QED) is 0.840. The molecular weight excluding hydrogens is 356 g/mol. The molecule has 124 valence electrons. The van der Waals surface area contributed by atoms with E-state index in [0.29, 0.717) is 28.7 Å². The van der Waals surface area contributed by atoms with Gasteiger partial charge in [0.15, 0.2) is 0 Å². The van der Waals surface area contributed by atoms with Crippen LogP contribution in [0.4, 0.5) is 5.69 Å². The molecule has 2 rings (SSSR count). The van der Waals surface area contributed by atoms with Gasteiger partial charge in [-0.2, -0.15) is 0 Å². The summed E-state index contributed by atoms with van der Waals surface area (Å²) < 4.78 is 27.6. The number of carbonyl (C=O) groups is 1. The van der Waals surface area contributed by atoms with Crippen molar-refractivity contribution in [2.75, 3.05) is 17.8 Å². The van der Waals surface area contributed by atoms with Crippen LogP contribution in [0.5, 0.6) is 0 Å². The van der Waals surface area contributed by atoms with Gasteiger partial charge in [-0.15, -0.1) is 11.3 Å². The van der Waals surface area contributed by atoms with Crippen LogP contribution in [0.25, 0.3) is 0 Å². The number of benzene rings is 1. The van der Waals surface area contributed by atoms with Crippen molar-refractivity contribution in [3.63, 3.8) is 0 Å². The molecule has 0 fully saturated rings. The highest BCUT2D eigenvalue weighted by atomic mass is 35.5. The number of hydrogen-bond acceptors (Lipinski definition) is 4. The lowest BCUT2D eigenvalue weighted by molar-refractivity contribution is 0.0773. The molecule has 1 heterocycles. The summed E-state index contributed by atoms with van der Waals surface area (Å²) in [4.78, 5) is 14.0. The van der Waals surface area contributed by atoms with Crippen LogP contribution in [0.15, 0.2) is 40.6 Å². The Morgan fingerprint density at radius 1 is 1.22 bits per heavy atom. The Hall–Kier alpha value is -1.57. The van der Waals surface area contributed by atoms with E-state index >= 15 is 0 Å². The second kappa shape index (κ2) is 7.33. The first-order valence-corrected chi connectivity index (χ1v) is 9.72. The summed E-state index contributed by atoms with van der Waals surface area (Å²) in [5.74, 6) is -0.129. The Morgan fingerprint density at radius 2 is 1.91 bits per heavy atom. The first kappa shape index (κ1) is 17.8. The van der Waals surface area contributed by atoms with Gasteiger partial charge in [-0.1, -0.05) is 17.7 Å². The highest BCUT2D eigenvalue weighted by Crippen LogP contribution is 2.27. The van der Waals surface area contributed by atoms with Crippen LogP contribution >= 0.6 is 22.9 Å². The lowest BCUT2D eigenvalue weighted by Crippen LogP contribution is -2.30. The van der Waals surface area contributed by atoms with Crippen molar-refractivity contribution >= 4 is 44.6 Å². The number of rotatable bonds is 6. The van der Waals surface area contributed by atoms with E-state index in [1.54, 1.807) is 23.1 Å². The van der Waals surface area contributed by atoms with Crippen molar-refractivity contribution in [2.24, 2.45) is 0 Å². The van der Waals surface area contributed by atoms with Crippen LogP contribution in [0, 0.1) is 0 Å². The molecule has 5 nitrogen and oxygen atoms in total. The number of amides is 1. The molecule has 1 aromatic heterocycles. The zero-order valence-corrected chi connectivity index (χ0v) is 15.1. The van der Waals surface area contributed by atoms with Gasteiger partial charge in [-0.3, -0.25) is 9.52 Å².